The van der Waals surface area contributed by atoms with E-state index in [-0.39, 0.29) is 10.8 Å². The molecule has 0 amide bonds. The number of hydrogen-bond donors (Lipinski definition) is 0. The lowest BCUT2D eigenvalue weighted by Crippen LogP contribution is -2.32. The highest BCUT2D eigenvalue weighted by molar-refractivity contribution is 5.81. The van der Waals surface area contributed by atoms with Crippen molar-refractivity contribution >= 4 is 68.2 Å². The summed E-state index contributed by atoms with van der Waals surface area (Å²) in [6, 6.07) is 120. The van der Waals surface area contributed by atoms with Crippen LogP contribution in [0.15, 0.2) is 322 Å². The molecular weight excluding hydrogens is 1230 g/mol. The molecule has 2 aliphatic rings. The molecule has 0 radical (unpaired) electrons. The lowest BCUT2D eigenvalue weighted by Gasteiger charge is -2.42. The first-order valence-corrected chi connectivity index (χ1v) is 37.0. The van der Waals surface area contributed by atoms with Crippen molar-refractivity contribution in [2.45, 2.75) is 130 Å². The van der Waals surface area contributed by atoms with E-state index in [0.717, 1.165) is 48.4 Å². The van der Waals surface area contributed by atoms with E-state index in [1.54, 1.807) is 0 Å². The molecule has 2 saturated carbocycles. The molecule has 0 aromatic heterocycles. The first-order chi connectivity index (χ1) is 49.7. The van der Waals surface area contributed by atoms with Crippen molar-refractivity contribution < 1.29 is 0 Å². The van der Waals surface area contributed by atoms with E-state index >= 15 is 0 Å². The van der Waals surface area contributed by atoms with Gasteiger partial charge in [0.05, 0.1) is 0 Å². The molecule has 13 aromatic carbocycles. The van der Waals surface area contributed by atoms with Gasteiger partial charge in [0.2, 0.25) is 0 Å². The molecule has 15 rings (SSSR count). The summed E-state index contributed by atoms with van der Waals surface area (Å²) in [4.78, 5) is 9.49. The third kappa shape index (κ3) is 14.9. The number of nitrogens with zero attached hydrogens (tertiary/aromatic N) is 4. The van der Waals surface area contributed by atoms with Crippen molar-refractivity contribution in [2.75, 3.05) is 19.6 Å². The van der Waals surface area contributed by atoms with Crippen LogP contribution in [0.3, 0.4) is 0 Å². The number of anilines is 12. The minimum Gasteiger partial charge on any atom is -0.311 e. The molecule has 0 spiro atoms. The SMILES string of the molecule is Cc1ccc(N(c2ccc(C)cc2)c2ccc(C3(c4ccc(N(c5ccc(C)cc5)c5ccc(C)cc5)cc4)CCC(c4ccccc4)CC3)cc2)cc1.Cc1ccc(N(c2ccc(C)cc2)c2ccc(C3(c4ccc(N(c5ccc(C)cc5)c5ccc(C)cc5)cc4)CCCCC3)cc2)cc1. The Bertz CT molecular complexity index is 4360. The summed E-state index contributed by atoms with van der Waals surface area (Å²) in [5.41, 5.74) is 31.2. The third-order valence-corrected chi connectivity index (χ3v) is 21.9. The number of rotatable bonds is 17. The van der Waals surface area contributed by atoms with Gasteiger partial charge in [-0.25, -0.2) is 0 Å². The Morgan fingerprint density at radius 1 is 0.196 bits per heavy atom. The van der Waals surface area contributed by atoms with Crippen LogP contribution in [0.25, 0.3) is 0 Å². The average Bonchev–Trinajstić information content (AvgIpc) is 0.762. The summed E-state index contributed by atoms with van der Waals surface area (Å²) in [6.45, 7) is 17.2. The summed E-state index contributed by atoms with van der Waals surface area (Å²) in [6.07, 6.45) is 10.7. The van der Waals surface area contributed by atoms with Gasteiger partial charge in [0.25, 0.3) is 0 Å². The zero-order valence-electron chi connectivity index (χ0n) is 60.8. The number of aryl methyl sites for hydroxylation is 8. The van der Waals surface area contributed by atoms with E-state index in [4.69, 9.17) is 0 Å². The first kappa shape index (κ1) is 68.2. The Hall–Kier alpha value is -10.9. The molecule has 0 heterocycles. The van der Waals surface area contributed by atoms with Crippen LogP contribution in [0.5, 0.6) is 0 Å². The van der Waals surface area contributed by atoms with Crippen LogP contribution in [-0.2, 0) is 10.8 Å². The maximum absolute atomic E-state index is 2.41. The van der Waals surface area contributed by atoms with Gasteiger partial charge < -0.3 is 19.6 Å². The van der Waals surface area contributed by atoms with Gasteiger partial charge >= 0.3 is 0 Å². The van der Waals surface area contributed by atoms with Crippen molar-refractivity contribution in [1.82, 2.24) is 0 Å². The fourth-order valence-electron chi connectivity index (χ4n) is 15.9. The molecule has 13 aromatic rings. The predicted molar refractivity (Wildman–Crippen MR) is 435 cm³/mol. The molecule has 0 unspecified atom stereocenters. The van der Waals surface area contributed by atoms with E-state index < -0.39 is 0 Å². The van der Waals surface area contributed by atoms with Crippen LogP contribution in [-0.4, -0.2) is 0 Å². The van der Waals surface area contributed by atoms with Gasteiger partial charge in [-0.3, -0.25) is 0 Å². The van der Waals surface area contributed by atoms with Gasteiger partial charge in [-0.05, 0) is 273 Å². The molecule has 0 N–H and O–H groups in total. The maximum atomic E-state index is 2.41. The van der Waals surface area contributed by atoms with Crippen molar-refractivity contribution in [3.05, 3.63) is 394 Å². The summed E-state index contributed by atoms with van der Waals surface area (Å²) in [5, 5.41) is 0. The van der Waals surface area contributed by atoms with Gasteiger partial charge in [-0.2, -0.15) is 0 Å². The van der Waals surface area contributed by atoms with Gasteiger partial charge in [0, 0.05) is 79.1 Å². The van der Waals surface area contributed by atoms with Gasteiger partial charge in [0.1, 0.15) is 0 Å². The molecule has 0 saturated heterocycles. The molecule has 102 heavy (non-hydrogen) atoms. The van der Waals surface area contributed by atoms with Crippen LogP contribution in [0.1, 0.15) is 136 Å². The average molecular weight is 1330 g/mol. The Morgan fingerprint density at radius 3 is 0.569 bits per heavy atom. The molecule has 508 valence electrons. The van der Waals surface area contributed by atoms with E-state index in [2.05, 4.69) is 397 Å². The normalized spacial score (nSPS) is 14.0. The van der Waals surface area contributed by atoms with Crippen molar-refractivity contribution in [1.29, 1.82) is 0 Å². The smallest absolute Gasteiger partial charge is 0.0461 e. The van der Waals surface area contributed by atoms with Crippen LogP contribution < -0.4 is 19.6 Å². The Labute approximate surface area is 607 Å². The Kier molecular flexibility index (Phi) is 20.4. The lowest BCUT2D eigenvalue weighted by molar-refractivity contribution is 0.315. The molecule has 0 bridgehead atoms. The van der Waals surface area contributed by atoms with Crippen LogP contribution in [0.2, 0.25) is 0 Å². The summed E-state index contributed by atoms with van der Waals surface area (Å²) in [7, 11) is 0. The van der Waals surface area contributed by atoms with Crippen molar-refractivity contribution in [2.24, 2.45) is 0 Å². The highest BCUT2D eigenvalue weighted by Gasteiger charge is 2.40. The second kappa shape index (κ2) is 30.5. The minimum atomic E-state index is -0.0839. The second-order valence-corrected chi connectivity index (χ2v) is 29.1. The summed E-state index contributed by atoms with van der Waals surface area (Å²) in [5.74, 6) is 0.579. The molecule has 2 aliphatic carbocycles. The Morgan fingerprint density at radius 2 is 0.373 bits per heavy atom. The van der Waals surface area contributed by atoms with Crippen LogP contribution in [0, 0.1) is 55.4 Å². The second-order valence-electron chi connectivity index (χ2n) is 29.1. The molecular formula is C98H96N4. The molecule has 0 aliphatic heterocycles. The van der Waals surface area contributed by atoms with Crippen molar-refractivity contribution in [3.63, 3.8) is 0 Å². The summed E-state index contributed by atoms with van der Waals surface area (Å²) < 4.78 is 0. The zero-order valence-corrected chi connectivity index (χ0v) is 60.8. The van der Waals surface area contributed by atoms with E-state index in [1.165, 1.54) is 150 Å². The summed E-state index contributed by atoms with van der Waals surface area (Å²) >= 11 is 0. The van der Waals surface area contributed by atoms with Crippen molar-refractivity contribution in [3.8, 4) is 0 Å². The topological polar surface area (TPSA) is 13.0 Å². The lowest BCUT2D eigenvalue weighted by atomic mass is 9.62. The van der Waals surface area contributed by atoms with Crippen LogP contribution in [0.4, 0.5) is 68.2 Å². The molecule has 4 nitrogen and oxygen atoms in total. The van der Waals surface area contributed by atoms with E-state index in [1.807, 2.05) is 0 Å². The van der Waals surface area contributed by atoms with E-state index in [0.29, 0.717) is 5.92 Å². The fourth-order valence-corrected chi connectivity index (χ4v) is 15.9. The number of benzene rings is 13. The maximum Gasteiger partial charge on any atom is 0.0461 e. The highest BCUT2D eigenvalue weighted by atomic mass is 15.2. The molecule has 4 heteroatoms. The van der Waals surface area contributed by atoms with Gasteiger partial charge in [0.15, 0.2) is 0 Å². The zero-order chi connectivity index (χ0) is 70.2. The fraction of sp³-hybridized carbons (Fsp3) is 0.204. The quantitative estimate of drug-likeness (QED) is 0.0901. The Balaban J connectivity index is 0.000000174. The van der Waals surface area contributed by atoms with Gasteiger partial charge in [-0.15, -0.1) is 0 Å². The molecule has 2 fully saturated rings. The monoisotopic (exact) mass is 1330 g/mol. The largest absolute Gasteiger partial charge is 0.311 e. The minimum absolute atomic E-state index is 0.00636. The highest BCUT2D eigenvalue weighted by Crippen LogP contribution is 2.52. The predicted octanol–water partition coefficient (Wildman–Crippen LogP) is 27.6. The van der Waals surface area contributed by atoms with E-state index in [9.17, 15) is 0 Å². The molecule has 0 atom stereocenters. The third-order valence-electron chi connectivity index (χ3n) is 21.9. The van der Waals surface area contributed by atoms with Gasteiger partial charge in [-0.1, -0.05) is 240 Å². The standard InChI is InChI=1S/C52H50N2.C46H46N2/c1-38-10-22-46(23-11-38)53(47-24-12-39(2)13-25-47)50-30-18-44(19-31-50)52(36-34-43(35-37-52)42-8-6-5-7-9-42)45-20-32-51(33-21-45)54(48-26-14-40(3)15-27-48)49-28-16-41(4)17-29-49;1-34-8-20-40(21-9-34)47(41-22-10-35(2)11-23-41)44-28-16-38(17-29-44)46(32-6-5-7-33-46)39-18-30-45(31-19-39)48(42-24-12-36(3)13-25-42)43-26-14-37(4)15-27-43/h5-33,43H,34-37H2,1-4H3;8-31H,5-7,32-33H2,1-4H3. The first-order valence-electron chi connectivity index (χ1n) is 37.0. The van der Waals surface area contributed by atoms with Crippen LogP contribution >= 0.6 is 0 Å². The number of hydrogen-bond acceptors (Lipinski definition) is 4.